The molecule has 0 radical (unpaired) electrons. The molecular weight excluding hydrogens is 368 g/mol. The third-order valence-corrected chi connectivity index (χ3v) is 5.76. The molecule has 0 bridgehead atoms. The number of hydrogen-bond acceptors (Lipinski definition) is 8. The van der Waals surface area contributed by atoms with E-state index in [1.807, 2.05) is 27.7 Å². The third kappa shape index (κ3) is 3.73. The molecular formula is C20H30O8. The van der Waals surface area contributed by atoms with E-state index >= 15 is 0 Å². The highest BCUT2D eigenvalue weighted by Crippen LogP contribution is 2.44. The zero-order valence-corrected chi connectivity index (χ0v) is 17.4. The SMILES string of the molecule is CC1(C)CC(=O)C(C(=O)O[C@@H]2[C@H]3OC(C)(C)O[C@H]3O[C@@H]2[C@H]2COC(C)(C)O2)C1. The topological polar surface area (TPSA) is 89.5 Å². The Hall–Kier alpha value is -1.06. The lowest BCUT2D eigenvalue weighted by Gasteiger charge is -2.29. The molecule has 158 valence electrons. The number of hydrogen-bond donors (Lipinski definition) is 0. The number of carbonyl (C=O) groups is 2. The second kappa shape index (κ2) is 6.47. The van der Waals surface area contributed by atoms with Crippen LogP contribution in [0.4, 0.5) is 0 Å². The van der Waals surface area contributed by atoms with Gasteiger partial charge in [-0.15, -0.1) is 0 Å². The molecule has 8 heteroatoms. The molecule has 28 heavy (non-hydrogen) atoms. The summed E-state index contributed by atoms with van der Waals surface area (Å²) >= 11 is 0. The molecule has 0 amide bonds. The lowest BCUT2D eigenvalue weighted by molar-refractivity contribution is -0.235. The Kier molecular flexibility index (Phi) is 4.67. The van der Waals surface area contributed by atoms with Crippen molar-refractivity contribution in [3.63, 3.8) is 0 Å². The van der Waals surface area contributed by atoms with Crippen molar-refractivity contribution in [2.24, 2.45) is 11.3 Å². The van der Waals surface area contributed by atoms with Gasteiger partial charge in [0.05, 0.1) is 6.61 Å². The summed E-state index contributed by atoms with van der Waals surface area (Å²) in [5, 5.41) is 0. The van der Waals surface area contributed by atoms with E-state index in [-0.39, 0.29) is 11.2 Å². The monoisotopic (exact) mass is 398 g/mol. The maximum atomic E-state index is 12.9. The summed E-state index contributed by atoms with van der Waals surface area (Å²) in [6.45, 7) is 11.5. The molecule has 4 aliphatic rings. The molecule has 4 rings (SSSR count). The van der Waals surface area contributed by atoms with Crippen molar-refractivity contribution in [3.05, 3.63) is 0 Å². The van der Waals surface area contributed by atoms with E-state index in [1.165, 1.54) is 0 Å². The Bertz CT molecular complexity index is 669. The minimum absolute atomic E-state index is 0.0764. The molecule has 3 aliphatic heterocycles. The van der Waals surface area contributed by atoms with Crippen LogP contribution in [0.3, 0.4) is 0 Å². The van der Waals surface area contributed by atoms with Crippen LogP contribution in [0.1, 0.15) is 54.4 Å². The van der Waals surface area contributed by atoms with Gasteiger partial charge in [0.25, 0.3) is 0 Å². The van der Waals surface area contributed by atoms with Crippen molar-refractivity contribution in [2.75, 3.05) is 6.61 Å². The van der Waals surface area contributed by atoms with Gasteiger partial charge in [0, 0.05) is 6.42 Å². The molecule has 3 saturated heterocycles. The minimum atomic E-state index is -0.845. The lowest BCUT2D eigenvalue weighted by Crippen LogP contribution is -2.46. The first-order valence-electron chi connectivity index (χ1n) is 9.92. The van der Waals surface area contributed by atoms with Crippen LogP contribution in [0.25, 0.3) is 0 Å². The summed E-state index contributed by atoms with van der Waals surface area (Å²) in [6, 6.07) is 0. The molecule has 3 heterocycles. The van der Waals surface area contributed by atoms with E-state index in [4.69, 9.17) is 28.4 Å². The van der Waals surface area contributed by atoms with Crippen molar-refractivity contribution in [1.82, 2.24) is 0 Å². The Balaban J connectivity index is 1.52. The largest absolute Gasteiger partial charge is 0.456 e. The van der Waals surface area contributed by atoms with E-state index in [0.29, 0.717) is 19.4 Å². The summed E-state index contributed by atoms with van der Waals surface area (Å²) in [6.07, 6.45) is -2.15. The van der Waals surface area contributed by atoms with Crippen molar-refractivity contribution < 1.29 is 38.0 Å². The molecule has 0 N–H and O–H groups in total. The van der Waals surface area contributed by atoms with Gasteiger partial charge in [-0.25, -0.2) is 0 Å². The van der Waals surface area contributed by atoms with Gasteiger partial charge in [0.2, 0.25) is 0 Å². The fourth-order valence-corrected chi connectivity index (χ4v) is 4.58. The van der Waals surface area contributed by atoms with Gasteiger partial charge in [0.1, 0.15) is 23.9 Å². The summed E-state index contributed by atoms with van der Waals surface area (Å²) in [7, 11) is 0. The number of ether oxygens (including phenoxy) is 6. The van der Waals surface area contributed by atoms with Gasteiger partial charge in [-0.2, -0.15) is 0 Å². The van der Waals surface area contributed by atoms with Crippen molar-refractivity contribution in [3.8, 4) is 0 Å². The predicted octanol–water partition coefficient (Wildman–Crippen LogP) is 1.93. The van der Waals surface area contributed by atoms with Crippen LogP contribution >= 0.6 is 0 Å². The standard InChI is InChI=1S/C20H30O8/c1-18(2)7-10(11(21)8-18)16(22)24-14-13(12-9-23-19(3,4)26-12)25-17-15(14)27-20(5,6)28-17/h10,12-15,17H,7-9H2,1-6H3/t10?,12-,13-,14+,15-,17-/m1/s1. The Morgan fingerprint density at radius 2 is 1.71 bits per heavy atom. The number of ketones is 1. The average molecular weight is 398 g/mol. The van der Waals surface area contributed by atoms with Gasteiger partial charge in [-0.3, -0.25) is 9.59 Å². The summed E-state index contributed by atoms with van der Waals surface area (Å²) in [5.74, 6) is -2.94. The third-order valence-electron chi connectivity index (χ3n) is 5.76. The van der Waals surface area contributed by atoms with E-state index in [0.717, 1.165) is 0 Å². The van der Waals surface area contributed by atoms with Crippen LogP contribution in [0, 0.1) is 11.3 Å². The van der Waals surface area contributed by atoms with E-state index < -0.39 is 54.2 Å². The van der Waals surface area contributed by atoms with Crippen molar-refractivity contribution in [1.29, 1.82) is 0 Å². The molecule has 4 fully saturated rings. The number of carbonyl (C=O) groups excluding carboxylic acids is 2. The summed E-state index contributed by atoms with van der Waals surface area (Å²) in [5.41, 5.74) is -0.198. The molecule has 0 aromatic carbocycles. The van der Waals surface area contributed by atoms with Crippen LogP contribution in [-0.4, -0.2) is 60.6 Å². The first-order valence-corrected chi connectivity index (χ1v) is 9.92. The molecule has 8 nitrogen and oxygen atoms in total. The van der Waals surface area contributed by atoms with Crippen LogP contribution in [0.5, 0.6) is 0 Å². The highest BCUT2D eigenvalue weighted by atomic mass is 16.8. The number of esters is 1. The minimum Gasteiger partial charge on any atom is -0.456 e. The fourth-order valence-electron chi connectivity index (χ4n) is 4.58. The summed E-state index contributed by atoms with van der Waals surface area (Å²) < 4.78 is 35.2. The van der Waals surface area contributed by atoms with Gasteiger partial charge >= 0.3 is 5.97 Å². The Labute approximate surface area is 165 Å². The van der Waals surface area contributed by atoms with Crippen LogP contribution in [-0.2, 0) is 38.0 Å². The zero-order chi connectivity index (χ0) is 20.5. The highest BCUT2D eigenvalue weighted by Gasteiger charge is 2.60. The molecule has 6 atom stereocenters. The van der Waals surface area contributed by atoms with E-state index in [2.05, 4.69) is 0 Å². The second-order valence-corrected chi connectivity index (χ2v) is 9.90. The van der Waals surface area contributed by atoms with E-state index in [1.54, 1.807) is 13.8 Å². The van der Waals surface area contributed by atoms with Crippen molar-refractivity contribution >= 4 is 11.8 Å². The quantitative estimate of drug-likeness (QED) is 0.526. The van der Waals surface area contributed by atoms with E-state index in [9.17, 15) is 9.59 Å². The molecule has 1 unspecified atom stereocenters. The number of rotatable bonds is 3. The van der Waals surface area contributed by atoms with Crippen molar-refractivity contribution in [2.45, 2.75) is 96.7 Å². The lowest BCUT2D eigenvalue weighted by atomic mass is 9.90. The second-order valence-electron chi connectivity index (χ2n) is 9.90. The molecule has 1 aliphatic carbocycles. The first-order chi connectivity index (χ1) is 12.9. The molecule has 0 spiro atoms. The number of fused-ring (bicyclic) bond motifs is 1. The highest BCUT2D eigenvalue weighted by molar-refractivity contribution is 6.01. The Morgan fingerprint density at radius 1 is 1.00 bits per heavy atom. The zero-order valence-electron chi connectivity index (χ0n) is 17.4. The average Bonchev–Trinajstić information content (AvgIpc) is 3.21. The first kappa shape index (κ1) is 20.2. The maximum absolute atomic E-state index is 12.9. The van der Waals surface area contributed by atoms with Gasteiger partial charge < -0.3 is 28.4 Å². The van der Waals surface area contributed by atoms with Gasteiger partial charge in [-0.05, 0) is 39.5 Å². The molecule has 0 aromatic heterocycles. The number of Topliss-reactive ketones (excluding diaryl/α,β-unsaturated/α-hetero) is 1. The van der Waals surface area contributed by atoms with Gasteiger partial charge in [-0.1, -0.05) is 13.8 Å². The predicted molar refractivity (Wildman–Crippen MR) is 95.0 cm³/mol. The van der Waals surface area contributed by atoms with Crippen LogP contribution < -0.4 is 0 Å². The molecule has 0 aromatic rings. The maximum Gasteiger partial charge on any atom is 0.316 e. The molecule has 1 saturated carbocycles. The van der Waals surface area contributed by atoms with Gasteiger partial charge in [0.15, 0.2) is 30.1 Å². The normalized spacial score (nSPS) is 43.3. The smallest absolute Gasteiger partial charge is 0.316 e. The van der Waals surface area contributed by atoms with Crippen LogP contribution in [0.15, 0.2) is 0 Å². The Morgan fingerprint density at radius 3 is 2.29 bits per heavy atom. The fraction of sp³-hybridized carbons (Fsp3) is 0.900. The van der Waals surface area contributed by atoms with Crippen LogP contribution in [0.2, 0.25) is 0 Å². The summed E-state index contributed by atoms with van der Waals surface area (Å²) in [4.78, 5) is 25.2.